The van der Waals surface area contributed by atoms with Gasteiger partial charge in [0.2, 0.25) is 0 Å². The van der Waals surface area contributed by atoms with Gasteiger partial charge in [-0.2, -0.15) is 11.8 Å². The molecule has 1 heterocycles. The summed E-state index contributed by atoms with van der Waals surface area (Å²) in [5, 5.41) is 3.51. The van der Waals surface area contributed by atoms with Crippen LogP contribution in [0.5, 0.6) is 0 Å². The minimum Gasteiger partial charge on any atom is -0.338 e. The van der Waals surface area contributed by atoms with Crippen LogP contribution in [0, 0.1) is 0 Å². The highest BCUT2D eigenvalue weighted by Crippen LogP contribution is 2.01. The van der Waals surface area contributed by atoms with Crippen molar-refractivity contribution in [3.63, 3.8) is 0 Å². The van der Waals surface area contributed by atoms with Gasteiger partial charge in [-0.05, 0) is 12.7 Å². The van der Waals surface area contributed by atoms with E-state index in [4.69, 9.17) is 0 Å². The molecule has 86 valence electrons. The summed E-state index contributed by atoms with van der Waals surface area (Å²) in [6, 6.07) is 0.593. The molecule has 0 fully saturated rings. The summed E-state index contributed by atoms with van der Waals surface area (Å²) < 4.78 is 2.08. The molecule has 0 radical (unpaired) electrons. The van der Waals surface area contributed by atoms with Gasteiger partial charge in [-0.25, -0.2) is 4.98 Å². The summed E-state index contributed by atoms with van der Waals surface area (Å²) in [6.07, 6.45) is 4.85. The van der Waals surface area contributed by atoms with Gasteiger partial charge in [0.25, 0.3) is 0 Å². The summed E-state index contributed by atoms with van der Waals surface area (Å²) in [5.41, 5.74) is 0. The fraction of sp³-hybridized carbons (Fsp3) is 0.727. The van der Waals surface area contributed by atoms with Crippen LogP contribution >= 0.6 is 11.8 Å². The van der Waals surface area contributed by atoms with Crippen molar-refractivity contribution in [3.05, 3.63) is 18.2 Å². The van der Waals surface area contributed by atoms with Crippen LogP contribution in [0.3, 0.4) is 0 Å². The van der Waals surface area contributed by atoms with Crippen molar-refractivity contribution in [1.82, 2.24) is 14.9 Å². The average molecular weight is 227 g/mol. The van der Waals surface area contributed by atoms with Crippen LogP contribution in [0.25, 0.3) is 0 Å². The number of aryl methyl sites for hydroxylation is 1. The summed E-state index contributed by atoms with van der Waals surface area (Å²) in [5.74, 6) is 3.54. The van der Waals surface area contributed by atoms with Crippen molar-refractivity contribution in [1.29, 1.82) is 0 Å². The van der Waals surface area contributed by atoms with Gasteiger partial charge < -0.3 is 9.88 Å². The smallest absolute Gasteiger partial charge is 0.109 e. The Morgan fingerprint density at radius 2 is 2.40 bits per heavy atom. The van der Waals surface area contributed by atoms with Crippen LogP contribution in [0.15, 0.2) is 12.4 Å². The molecule has 1 rings (SSSR count). The molecule has 0 amide bonds. The van der Waals surface area contributed by atoms with Crippen LogP contribution < -0.4 is 5.32 Å². The number of aromatic nitrogens is 2. The van der Waals surface area contributed by atoms with E-state index in [0.29, 0.717) is 6.04 Å². The first-order valence-corrected chi connectivity index (χ1v) is 6.66. The minimum atomic E-state index is 0.593. The number of nitrogens with zero attached hydrogens (tertiary/aromatic N) is 2. The Balaban J connectivity index is 2.13. The zero-order chi connectivity index (χ0) is 11.1. The highest BCUT2D eigenvalue weighted by molar-refractivity contribution is 7.99. The highest BCUT2D eigenvalue weighted by Gasteiger charge is 2.02. The lowest BCUT2D eigenvalue weighted by molar-refractivity contribution is 0.583. The fourth-order valence-corrected chi connectivity index (χ4v) is 2.13. The molecule has 0 saturated carbocycles. The molecule has 0 spiro atoms. The maximum absolute atomic E-state index is 4.29. The molecule has 1 aromatic heterocycles. The molecular weight excluding hydrogens is 206 g/mol. The number of imidazole rings is 1. The molecule has 1 aromatic rings. The largest absolute Gasteiger partial charge is 0.338 e. The van der Waals surface area contributed by atoms with E-state index < -0.39 is 0 Å². The number of hydrogen-bond acceptors (Lipinski definition) is 3. The predicted octanol–water partition coefficient (Wildman–Crippen LogP) is 1.69. The summed E-state index contributed by atoms with van der Waals surface area (Å²) in [4.78, 5) is 4.29. The van der Waals surface area contributed by atoms with Gasteiger partial charge in [-0.1, -0.05) is 6.92 Å². The van der Waals surface area contributed by atoms with Gasteiger partial charge in [0, 0.05) is 44.2 Å². The molecule has 0 aliphatic carbocycles. The maximum atomic E-state index is 4.29. The Labute approximate surface area is 96.7 Å². The number of nitrogens with one attached hydrogen (secondary N) is 1. The average Bonchev–Trinajstić information content (AvgIpc) is 2.61. The number of thioether (sulfide) groups is 1. The van der Waals surface area contributed by atoms with E-state index in [2.05, 4.69) is 28.7 Å². The topological polar surface area (TPSA) is 29.9 Å². The van der Waals surface area contributed by atoms with Gasteiger partial charge in [0.05, 0.1) is 0 Å². The van der Waals surface area contributed by atoms with Crippen LogP contribution in [-0.4, -0.2) is 33.6 Å². The zero-order valence-electron chi connectivity index (χ0n) is 9.86. The molecule has 15 heavy (non-hydrogen) atoms. The lowest BCUT2D eigenvalue weighted by Gasteiger charge is -2.12. The van der Waals surface area contributed by atoms with Crippen LogP contribution in [-0.2, 0) is 13.5 Å². The van der Waals surface area contributed by atoms with E-state index in [-0.39, 0.29) is 0 Å². The van der Waals surface area contributed by atoms with E-state index >= 15 is 0 Å². The molecule has 3 nitrogen and oxygen atoms in total. The van der Waals surface area contributed by atoms with Crippen molar-refractivity contribution >= 4 is 11.8 Å². The van der Waals surface area contributed by atoms with E-state index in [0.717, 1.165) is 18.8 Å². The molecule has 0 saturated heterocycles. The van der Waals surface area contributed by atoms with Gasteiger partial charge in [0.1, 0.15) is 5.82 Å². The molecule has 0 aliphatic heterocycles. The molecular formula is C11H21N3S. The number of hydrogen-bond donors (Lipinski definition) is 1. The number of rotatable bonds is 7. The van der Waals surface area contributed by atoms with Crippen molar-refractivity contribution in [2.75, 3.05) is 18.1 Å². The van der Waals surface area contributed by atoms with Crippen LogP contribution in [0.2, 0.25) is 0 Å². The third-order valence-corrected chi connectivity index (χ3v) is 3.48. The Morgan fingerprint density at radius 1 is 1.60 bits per heavy atom. The normalized spacial score (nSPS) is 13.0. The summed E-state index contributed by atoms with van der Waals surface area (Å²) in [7, 11) is 2.04. The fourth-order valence-electron chi connectivity index (χ4n) is 1.42. The van der Waals surface area contributed by atoms with Crippen molar-refractivity contribution in [3.8, 4) is 0 Å². The third kappa shape index (κ3) is 4.71. The molecule has 0 aromatic carbocycles. The van der Waals surface area contributed by atoms with E-state index in [9.17, 15) is 0 Å². The molecule has 1 unspecified atom stereocenters. The van der Waals surface area contributed by atoms with Crippen LogP contribution in [0.1, 0.15) is 19.7 Å². The second-order valence-corrected chi connectivity index (χ2v) is 5.04. The second-order valence-electron chi connectivity index (χ2n) is 3.72. The van der Waals surface area contributed by atoms with Gasteiger partial charge in [0.15, 0.2) is 0 Å². The van der Waals surface area contributed by atoms with Gasteiger partial charge in [-0.15, -0.1) is 0 Å². The van der Waals surface area contributed by atoms with E-state index in [1.807, 2.05) is 31.2 Å². The first-order valence-electron chi connectivity index (χ1n) is 5.51. The third-order valence-electron chi connectivity index (χ3n) is 2.33. The van der Waals surface area contributed by atoms with E-state index in [1.165, 1.54) is 11.5 Å². The zero-order valence-corrected chi connectivity index (χ0v) is 10.7. The first kappa shape index (κ1) is 12.6. The Hall–Kier alpha value is -0.480. The Morgan fingerprint density at radius 3 is 3.00 bits per heavy atom. The monoisotopic (exact) mass is 227 g/mol. The quantitative estimate of drug-likeness (QED) is 0.769. The molecule has 0 aliphatic rings. The lowest BCUT2D eigenvalue weighted by atomic mass is 10.3. The summed E-state index contributed by atoms with van der Waals surface area (Å²) in [6.45, 7) is 5.45. The van der Waals surface area contributed by atoms with Gasteiger partial charge >= 0.3 is 0 Å². The molecule has 0 bridgehead atoms. The Bertz CT molecular complexity index is 273. The van der Waals surface area contributed by atoms with Crippen molar-refractivity contribution in [2.24, 2.45) is 7.05 Å². The van der Waals surface area contributed by atoms with Crippen LogP contribution in [0.4, 0.5) is 0 Å². The predicted molar refractivity (Wildman–Crippen MR) is 67.4 cm³/mol. The van der Waals surface area contributed by atoms with E-state index in [1.54, 1.807) is 0 Å². The standard InChI is InChI=1S/C11H21N3S/c1-4-15-9-10(2)12-6-5-11-13-7-8-14(11)3/h7-8,10,12H,4-6,9H2,1-3H3. The molecule has 1 N–H and O–H groups in total. The second kappa shape index (κ2) is 6.90. The minimum absolute atomic E-state index is 0.593. The Kier molecular flexibility index (Phi) is 5.79. The lowest BCUT2D eigenvalue weighted by Crippen LogP contribution is -2.30. The summed E-state index contributed by atoms with van der Waals surface area (Å²) >= 11 is 1.98. The van der Waals surface area contributed by atoms with Crippen molar-refractivity contribution in [2.45, 2.75) is 26.3 Å². The maximum Gasteiger partial charge on any atom is 0.109 e. The SMILES string of the molecule is CCSCC(C)NCCc1nccn1C. The van der Waals surface area contributed by atoms with Crippen molar-refractivity contribution < 1.29 is 0 Å². The van der Waals surface area contributed by atoms with Gasteiger partial charge in [-0.3, -0.25) is 0 Å². The highest BCUT2D eigenvalue weighted by atomic mass is 32.2. The molecule has 1 atom stereocenters. The first-order chi connectivity index (χ1) is 7.24. The molecule has 4 heteroatoms.